The van der Waals surface area contributed by atoms with E-state index in [9.17, 15) is 13.2 Å². The fourth-order valence-electron chi connectivity index (χ4n) is 2.98. The van der Waals surface area contributed by atoms with Gasteiger partial charge in [-0.05, 0) is 18.2 Å². The lowest BCUT2D eigenvalue weighted by Gasteiger charge is -2.10. The molecule has 4 rings (SSSR count). The summed E-state index contributed by atoms with van der Waals surface area (Å²) in [6, 6.07) is 12.2. The van der Waals surface area contributed by atoms with Crippen LogP contribution >= 0.6 is 23.1 Å². The van der Waals surface area contributed by atoms with Crippen molar-refractivity contribution in [3.63, 3.8) is 0 Å². The topological polar surface area (TPSA) is 57.1 Å². The highest BCUT2D eigenvalue weighted by Crippen LogP contribution is 2.40. The largest absolute Gasteiger partial charge is 0.493 e. The molecule has 0 saturated carbocycles. The molecule has 2 aromatic heterocycles. The fourth-order valence-corrected chi connectivity index (χ4v) is 4.84. The number of thiazole rings is 1. The maximum atomic E-state index is 13.2. The molecule has 10 heteroatoms. The number of nitrogens with zero attached hydrogens (tertiary/aromatic N) is 3. The summed E-state index contributed by atoms with van der Waals surface area (Å²) in [5.41, 5.74) is 1.77. The van der Waals surface area contributed by atoms with E-state index in [2.05, 4.69) is 15.0 Å². The molecule has 2 aromatic carbocycles. The van der Waals surface area contributed by atoms with Gasteiger partial charge in [-0.25, -0.2) is 15.0 Å². The zero-order valence-electron chi connectivity index (χ0n) is 16.4. The predicted molar refractivity (Wildman–Crippen MR) is 115 cm³/mol. The molecule has 4 aromatic rings. The van der Waals surface area contributed by atoms with E-state index in [0.29, 0.717) is 22.6 Å². The summed E-state index contributed by atoms with van der Waals surface area (Å²) in [4.78, 5) is 12.0. The van der Waals surface area contributed by atoms with Crippen LogP contribution in [0.3, 0.4) is 0 Å². The molecule has 0 aliphatic heterocycles. The SMILES string of the molecule is COc1cccc(-c2nc(CSc3nc(C(F)(F)F)nc4ccccc34)cs2)c1OC. The van der Waals surface area contributed by atoms with Crippen molar-refractivity contribution in [3.8, 4) is 22.1 Å². The Labute approximate surface area is 184 Å². The molecule has 160 valence electrons. The number of thioether (sulfide) groups is 1. The monoisotopic (exact) mass is 463 g/mol. The third-order valence-electron chi connectivity index (χ3n) is 4.36. The van der Waals surface area contributed by atoms with Crippen LogP contribution in [-0.4, -0.2) is 29.2 Å². The van der Waals surface area contributed by atoms with Crippen molar-refractivity contribution in [1.29, 1.82) is 0 Å². The van der Waals surface area contributed by atoms with Gasteiger partial charge in [0.25, 0.3) is 0 Å². The van der Waals surface area contributed by atoms with Crippen molar-refractivity contribution < 1.29 is 22.6 Å². The molecule has 0 atom stereocenters. The lowest BCUT2D eigenvalue weighted by molar-refractivity contribution is -0.145. The van der Waals surface area contributed by atoms with Gasteiger partial charge >= 0.3 is 6.18 Å². The average molecular weight is 464 g/mol. The van der Waals surface area contributed by atoms with Crippen LogP contribution in [0.4, 0.5) is 13.2 Å². The van der Waals surface area contributed by atoms with Gasteiger partial charge in [-0.2, -0.15) is 13.2 Å². The molecule has 2 heterocycles. The first-order chi connectivity index (χ1) is 14.9. The van der Waals surface area contributed by atoms with Gasteiger partial charge in [0.05, 0.1) is 31.0 Å². The van der Waals surface area contributed by atoms with Crippen molar-refractivity contribution in [2.75, 3.05) is 14.2 Å². The van der Waals surface area contributed by atoms with Crippen molar-refractivity contribution in [2.45, 2.75) is 17.0 Å². The van der Waals surface area contributed by atoms with Crippen LogP contribution < -0.4 is 9.47 Å². The van der Waals surface area contributed by atoms with Gasteiger partial charge in [-0.1, -0.05) is 36.0 Å². The lowest BCUT2D eigenvalue weighted by atomic mass is 10.2. The minimum Gasteiger partial charge on any atom is -0.493 e. The minimum absolute atomic E-state index is 0.257. The van der Waals surface area contributed by atoms with Crippen LogP contribution in [-0.2, 0) is 11.9 Å². The highest BCUT2D eigenvalue weighted by atomic mass is 32.2. The van der Waals surface area contributed by atoms with Gasteiger partial charge < -0.3 is 9.47 Å². The minimum atomic E-state index is -4.62. The summed E-state index contributed by atoms with van der Waals surface area (Å²) in [7, 11) is 3.12. The molecule has 0 radical (unpaired) electrons. The van der Waals surface area contributed by atoms with Gasteiger partial charge in [0.15, 0.2) is 11.5 Å². The Morgan fingerprint density at radius 2 is 1.77 bits per heavy atom. The quantitative estimate of drug-likeness (QED) is 0.255. The molecular formula is C21H16F3N3O2S2. The zero-order valence-corrected chi connectivity index (χ0v) is 18.1. The molecule has 0 saturated heterocycles. The summed E-state index contributed by atoms with van der Waals surface area (Å²) < 4.78 is 50.4. The molecule has 0 aliphatic rings. The van der Waals surface area contributed by atoms with Crippen LogP contribution in [0.25, 0.3) is 21.5 Å². The molecular weight excluding hydrogens is 447 g/mol. The number of hydrogen-bond donors (Lipinski definition) is 0. The predicted octanol–water partition coefficient (Wildman–Crippen LogP) is 6.08. The third kappa shape index (κ3) is 4.45. The number of methoxy groups -OCH3 is 2. The van der Waals surface area contributed by atoms with E-state index >= 15 is 0 Å². The second-order valence-electron chi connectivity index (χ2n) is 6.34. The Kier molecular flexibility index (Phi) is 6.01. The molecule has 0 amide bonds. The molecule has 31 heavy (non-hydrogen) atoms. The normalized spacial score (nSPS) is 11.6. The number of alkyl halides is 3. The summed E-state index contributed by atoms with van der Waals surface area (Å²) in [6.07, 6.45) is -4.62. The fraction of sp³-hybridized carbons (Fsp3) is 0.190. The first kappa shape index (κ1) is 21.4. The Bertz CT molecular complexity index is 1230. The smallest absolute Gasteiger partial charge is 0.451 e. The Balaban J connectivity index is 1.62. The Morgan fingerprint density at radius 1 is 0.968 bits per heavy atom. The maximum absolute atomic E-state index is 13.2. The van der Waals surface area contributed by atoms with Gasteiger partial charge in [0.2, 0.25) is 5.82 Å². The lowest BCUT2D eigenvalue weighted by Crippen LogP contribution is -2.11. The van der Waals surface area contributed by atoms with E-state index in [-0.39, 0.29) is 10.5 Å². The number of rotatable bonds is 6. The zero-order chi connectivity index (χ0) is 22.0. The van der Waals surface area contributed by atoms with Gasteiger partial charge in [-0.3, -0.25) is 0 Å². The van der Waals surface area contributed by atoms with Crippen LogP contribution in [0.1, 0.15) is 11.5 Å². The van der Waals surface area contributed by atoms with Crippen LogP contribution in [0.2, 0.25) is 0 Å². The average Bonchev–Trinajstić information content (AvgIpc) is 3.24. The van der Waals surface area contributed by atoms with Crippen molar-refractivity contribution >= 4 is 34.0 Å². The third-order valence-corrected chi connectivity index (χ3v) is 6.31. The first-order valence-corrected chi connectivity index (χ1v) is 10.9. The second kappa shape index (κ2) is 8.72. The molecule has 0 unspecified atom stereocenters. The van der Waals surface area contributed by atoms with Crippen molar-refractivity contribution in [2.24, 2.45) is 0 Å². The van der Waals surface area contributed by atoms with E-state index < -0.39 is 12.0 Å². The molecule has 0 fully saturated rings. The summed E-state index contributed by atoms with van der Waals surface area (Å²) in [5.74, 6) is 0.392. The maximum Gasteiger partial charge on any atom is 0.451 e. The summed E-state index contributed by atoms with van der Waals surface area (Å²) in [6.45, 7) is 0. The van der Waals surface area contributed by atoms with Gasteiger partial charge in [0.1, 0.15) is 10.0 Å². The molecule has 0 spiro atoms. The second-order valence-corrected chi connectivity index (χ2v) is 8.16. The number of halogens is 3. The van der Waals surface area contributed by atoms with Crippen LogP contribution in [0.5, 0.6) is 11.5 Å². The number of aromatic nitrogens is 3. The number of ether oxygens (including phenoxy) is 2. The molecule has 0 aliphatic carbocycles. The molecule has 0 bridgehead atoms. The van der Waals surface area contributed by atoms with E-state index in [4.69, 9.17) is 9.47 Å². The van der Waals surface area contributed by atoms with Gasteiger partial charge in [0, 0.05) is 16.5 Å². The van der Waals surface area contributed by atoms with E-state index in [0.717, 1.165) is 16.3 Å². The first-order valence-electron chi connectivity index (χ1n) is 9.03. The van der Waals surface area contributed by atoms with Crippen molar-refractivity contribution in [3.05, 3.63) is 59.4 Å². The highest BCUT2D eigenvalue weighted by Gasteiger charge is 2.35. The van der Waals surface area contributed by atoms with Crippen molar-refractivity contribution in [1.82, 2.24) is 15.0 Å². The summed E-state index contributed by atoms with van der Waals surface area (Å²) in [5, 5.41) is 3.45. The Hall–Kier alpha value is -2.85. The van der Waals surface area contributed by atoms with E-state index in [1.165, 1.54) is 23.1 Å². The molecule has 5 nitrogen and oxygen atoms in total. The van der Waals surface area contributed by atoms with E-state index in [1.54, 1.807) is 44.6 Å². The van der Waals surface area contributed by atoms with E-state index in [1.807, 2.05) is 17.5 Å². The number of benzene rings is 2. The number of hydrogen-bond acceptors (Lipinski definition) is 7. The number of para-hydroxylation sites is 2. The summed E-state index contributed by atoms with van der Waals surface area (Å²) >= 11 is 2.62. The number of fused-ring (bicyclic) bond motifs is 1. The highest BCUT2D eigenvalue weighted by molar-refractivity contribution is 7.98. The molecule has 0 N–H and O–H groups in total. The van der Waals surface area contributed by atoms with Gasteiger partial charge in [-0.15, -0.1) is 11.3 Å². The van der Waals surface area contributed by atoms with Crippen LogP contribution in [0, 0.1) is 0 Å². The standard InChI is InChI=1S/C21H16F3N3O2S2/c1-28-16-9-5-7-14(17(16)29-2)19-25-12(11-31-19)10-30-18-13-6-3-4-8-15(13)26-20(27-18)21(22,23)24/h3-9,11H,10H2,1-2H3. The van der Waals surface area contributed by atoms with Crippen LogP contribution in [0.15, 0.2) is 52.9 Å². The Morgan fingerprint density at radius 3 is 2.52 bits per heavy atom.